The lowest BCUT2D eigenvalue weighted by Gasteiger charge is -2.04. The lowest BCUT2D eigenvalue weighted by atomic mass is 10.3. The number of anilines is 1. The Morgan fingerprint density at radius 1 is 1.19 bits per heavy atom. The molecule has 0 spiro atoms. The molecule has 0 bridgehead atoms. The Morgan fingerprint density at radius 3 is 2.50 bits per heavy atom. The van der Waals surface area contributed by atoms with E-state index in [0.29, 0.717) is 31.3 Å². The molecule has 0 radical (unpaired) electrons. The molecule has 16 heavy (non-hydrogen) atoms. The fourth-order valence-electron chi connectivity index (χ4n) is 1.12. The van der Waals surface area contributed by atoms with E-state index in [0.717, 1.165) is 4.90 Å². The molecular weight excluding hydrogens is 226 g/mol. The van der Waals surface area contributed by atoms with Crippen molar-refractivity contribution in [3.8, 4) is 0 Å². The SMILES string of the molecule is COCCOCCS(=O)c1ccc(N)cc1. The van der Waals surface area contributed by atoms with Crippen LogP contribution >= 0.6 is 0 Å². The number of nitrogen functional groups attached to an aromatic ring is 1. The van der Waals surface area contributed by atoms with Gasteiger partial charge in [0.25, 0.3) is 0 Å². The summed E-state index contributed by atoms with van der Waals surface area (Å²) in [7, 11) is 0.602. The molecule has 0 fully saturated rings. The van der Waals surface area contributed by atoms with Crippen molar-refractivity contribution in [1.29, 1.82) is 0 Å². The van der Waals surface area contributed by atoms with Gasteiger partial charge < -0.3 is 15.2 Å². The van der Waals surface area contributed by atoms with Crippen molar-refractivity contribution >= 4 is 16.5 Å². The van der Waals surface area contributed by atoms with Gasteiger partial charge in [-0.25, -0.2) is 0 Å². The van der Waals surface area contributed by atoms with E-state index in [4.69, 9.17) is 15.2 Å². The number of nitrogens with two attached hydrogens (primary N) is 1. The van der Waals surface area contributed by atoms with Crippen LogP contribution in [-0.2, 0) is 20.3 Å². The zero-order chi connectivity index (χ0) is 11.8. The van der Waals surface area contributed by atoms with E-state index >= 15 is 0 Å². The molecule has 1 atom stereocenters. The molecule has 0 aromatic heterocycles. The van der Waals surface area contributed by atoms with Crippen LogP contribution < -0.4 is 5.73 Å². The van der Waals surface area contributed by atoms with Gasteiger partial charge in [0.2, 0.25) is 0 Å². The van der Waals surface area contributed by atoms with Gasteiger partial charge in [0.1, 0.15) is 0 Å². The lowest BCUT2D eigenvalue weighted by Crippen LogP contribution is -2.09. The largest absolute Gasteiger partial charge is 0.399 e. The summed E-state index contributed by atoms with van der Waals surface area (Å²) >= 11 is 0. The van der Waals surface area contributed by atoms with Gasteiger partial charge in [0.15, 0.2) is 0 Å². The molecule has 0 amide bonds. The minimum absolute atomic E-state index is 0.473. The van der Waals surface area contributed by atoms with Crippen molar-refractivity contribution in [2.45, 2.75) is 4.90 Å². The molecule has 1 aromatic rings. The van der Waals surface area contributed by atoms with Crippen molar-refractivity contribution in [1.82, 2.24) is 0 Å². The maximum absolute atomic E-state index is 11.7. The summed E-state index contributed by atoms with van der Waals surface area (Å²) < 4.78 is 21.8. The van der Waals surface area contributed by atoms with E-state index in [1.807, 2.05) is 0 Å². The molecule has 0 saturated heterocycles. The molecule has 2 N–H and O–H groups in total. The standard InChI is InChI=1S/C11H17NO3S/c1-14-6-7-15-8-9-16(13)11-4-2-10(12)3-5-11/h2-5H,6-9,12H2,1H3. The number of hydrogen-bond donors (Lipinski definition) is 1. The van der Waals surface area contributed by atoms with Gasteiger partial charge >= 0.3 is 0 Å². The summed E-state index contributed by atoms with van der Waals surface area (Å²) in [6.45, 7) is 1.57. The fraction of sp³-hybridized carbons (Fsp3) is 0.455. The summed E-state index contributed by atoms with van der Waals surface area (Å²) in [5, 5.41) is 0. The van der Waals surface area contributed by atoms with Crippen LogP contribution in [0.1, 0.15) is 0 Å². The molecule has 0 heterocycles. The number of rotatable bonds is 7. The molecule has 0 saturated carbocycles. The second-order valence-electron chi connectivity index (χ2n) is 3.22. The van der Waals surface area contributed by atoms with Crippen molar-refractivity contribution in [3.63, 3.8) is 0 Å². The summed E-state index contributed by atoms with van der Waals surface area (Å²) in [5.74, 6) is 0.494. The van der Waals surface area contributed by atoms with Crippen LogP contribution in [0, 0.1) is 0 Å². The van der Waals surface area contributed by atoms with E-state index in [1.54, 1.807) is 31.4 Å². The summed E-state index contributed by atoms with van der Waals surface area (Å²) in [5.41, 5.74) is 6.22. The van der Waals surface area contributed by atoms with Gasteiger partial charge in [-0.15, -0.1) is 0 Å². The molecule has 0 aliphatic heterocycles. The van der Waals surface area contributed by atoms with E-state index in [-0.39, 0.29) is 0 Å². The molecule has 90 valence electrons. The predicted molar refractivity (Wildman–Crippen MR) is 64.8 cm³/mol. The Balaban J connectivity index is 2.27. The van der Waals surface area contributed by atoms with Gasteiger partial charge in [0.05, 0.1) is 36.4 Å². The molecule has 0 aliphatic carbocycles. The van der Waals surface area contributed by atoms with Crippen LogP contribution in [0.15, 0.2) is 29.2 Å². The normalized spacial score (nSPS) is 12.6. The molecule has 1 rings (SSSR count). The van der Waals surface area contributed by atoms with Crippen LogP contribution in [0.2, 0.25) is 0 Å². The van der Waals surface area contributed by atoms with Crippen LogP contribution in [0.25, 0.3) is 0 Å². The maximum Gasteiger partial charge on any atom is 0.0700 e. The van der Waals surface area contributed by atoms with Crippen molar-refractivity contribution in [2.24, 2.45) is 0 Å². The first-order valence-corrected chi connectivity index (χ1v) is 6.36. The molecular formula is C11H17NO3S. The summed E-state index contributed by atoms with van der Waals surface area (Å²) in [4.78, 5) is 0.782. The van der Waals surface area contributed by atoms with E-state index < -0.39 is 10.8 Å². The van der Waals surface area contributed by atoms with Crippen LogP contribution in [-0.4, -0.2) is 36.9 Å². The smallest absolute Gasteiger partial charge is 0.0700 e. The molecule has 0 aliphatic rings. The summed E-state index contributed by atoms with van der Waals surface area (Å²) in [6.07, 6.45) is 0. The van der Waals surface area contributed by atoms with Gasteiger partial charge in [-0.1, -0.05) is 0 Å². The topological polar surface area (TPSA) is 61.5 Å². The van der Waals surface area contributed by atoms with E-state index in [9.17, 15) is 4.21 Å². The fourth-order valence-corrected chi connectivity index (χ4v) is 2.06. The average Bonchev–Trinajstić information content (AvgIpc) is 2.29. The van der Waals surface area contributed by atoms with Crippen LogP contribution in [0.5, 0.6) is 0 Å². The number of benzene rings is 1. The molecule has 4 nitrogen and oxygen atoms in total. The monoisotopic (exact) mass is 243 g/mol. The van der Waals surface area contributed by atoms with Gasteiger partial charge in [0, 0.05) is 17.7 Å². The number of methoxy groups -OCH3 is 1. The number of ether oxygens (including phenoxy) is 2. The maximum atomic E-state index is 11.7. The van der Waals surface area contributed by atoms with Crippen molar-refractivity contribution in [2.75, 3.05) is 38.4 Å². The van der Waals surface area contributed by atoms with E-state index in [2.05, 4.69) is 0 Å². The van der Waals surface area contributed by atoms with E-state index in [1.165, 1.54) is 0 Å². The lowest BCUT2D eigenvalue weighted by molar-refractivity contribution is 0.0787. The van der Waals surface area contributed by atoms with Gasteiger partial charge in [-0.05, 0) is 24.3 Å². The highest BCUT2D eigenvalue weighted by molar-refractivity contribution is 7.85. The van der Waals surface area contributed by atoms with Gasteiger partial charge in [-0.2, -0.15) is 0 Å². The highest BCUT2D eigenvalue weighted by Crippen LogP contribution is 2.09. The first-order valence-electron chi connectivity index (χ1n) is 5.04. The quantitative estimate of drug-likeness (QED) is 0.574. The van der Waals surface area contributed by atoms with Gasteiger partial charge in [-0.3, -0.25) is 4.21 Å². The predicted octanol–water partition coefficient (Wildman–Crippen LogP) is 1.04. The van der Waals surface area contributed by atoms with Crippen molar-refractivity contribution in [3.05, 3.63) is 24.3 Å². The highest BCUT2D eigenvalue weighted by atomic mass is 32.2. The summed E-state index contributed by atoms with van der Waals surface area (Å²) in [6, 6.07) is 7.05. The Labute approximate surface area is 98.2 Å². The third kappa shape index (κ3) is 4.74. The first-order chi connectivity index (χ1) is 7.74. The Morgan fingerprint density at radius 2 is 1.88 bits per heavy atom. The minimum atomic E-state index is -1.02. The van der Waals surface area contributed by atoms with Crippen LogP contribution in [0.3, 0.4) is 0 Å². The molecule has 1 unspecified atom stereocenters. The Hall–Kier alpha value is -0.910. The zero-order valence-corrected chi connectivity index (χ0v) is 10.2. The Bertz CT molecular complexity index is 327. The second kappa shape index (κ2) is 7.38. The van der Waals surface area contributed by atoms with Crippen LogP contribution in [0.4, 0.5) is 5.69 Å². The number of hydrogen-bond acceptors (Lipinski definition) is 4. The molecule has 1 aromatic carbocycles. The Kier molecular flexibility index (Phi) is 6.07. The van der Waals surface area contributed by atoms with Crippen molar-refractivity contribution < 1.29 is 13.7 Å². The zero-order valence-electron chi connectivity index (χ0n) is 9.35. The first kappa shape index (κ1) is 13.2. The average molecular weight is 243 g/mol. The highest BCUT2D eigenvalue weighted by Gasteiger charge is 2.02. The molecule has 5 heteroatoms. The minimum Gasteiger partial charge on any atom is -0.399 e. The third-order valence-electron chi connectivity index (χ3n) is 1.99. The third-order valence-corrected chi connectivity index (χ3v) is 3.32. The second-order valence-corrected chi connectivity index (χ2v) is 4.79.